The first-order chi connectivity index (χ1) is 12.9. The van der Waals surface area contributed by atoms with E-state index in [0.29, 0.717) is 26.2 Å². The number of thiazole rings is 1. The number of aryl methyl sites for hydroxylation is 2. The molecule has 1 aliphatic rings. The molecule has 2 aromatic rings. The molecule has 3 rings (SSSR count). The highest BCUT2D eigenvalue weighted by Crippen LogP contribution is 2.19. The number of rotatable bonds is 5. The molecule has 7 heteroatoms. The molecule has 1 fully saturated rings. The topological polar surface area (TPSA) is 65.5 Å². The van der Waals surface area contributed by atoms with Gasteiger partial charge in [0.15, 0.2) is 0 Å². The van der Waals surface area contributed by atoms with E-state index in [2.05, 4.69) is 16.4 Å². The van der Waals surface area contributed by atoms with Crippen LogP contribution >= 0.6 is 11.3 Å². The van der Waals surface area contributed by atoms with E-state index in [9.17, 15) is 9.59 Å². The summed E-state index contributed by atoms with van der Waals surface area (Å²) in [5.74, 6) is 0.146. The van der Waals surface area contributed by atoms with Crippen LogP contribution in [0.25, 0.3) is 0 Å². The molecule has 1 saturated heterocycles. The van der Waals surface area contributed by atoms with Crippen LogP contribution in [0, 0.1) is 13.8 Å². The SMILES string of the molecule is Cc1cccc(CN2CCN(C(=O)NC[C@H](C)c3nc(C)cs3)CC2=O)c1. The summed E-state index contributed by atoms with van der Waals surface area (Å²) in [6.07, 6.45) is 0. The molecule has 1 N–H and O–H groups in total. The predicted molar refractivity (Wildman–Crippen MR) is 107 cm³/mol. The Morgan fingerprint density at radius 3 is 2.81 bits per heavy atom. The van der Waals surface area contributed by atoms with Crippen molar-refractivity contribution < 1.29 is 9.59 Å². The summed E-state index contributed by atoms with van der Waals surface area (Å²) in [7, 11) is 0. The average Bonchev–Trinajstić information content (AvgIpc) is 3.07. The molecule has 3 amide bonds. The maximum atomic E-state index is 12.5. The predicted octanol–water partition coefficient (Wildman–Crippen LogP) is 2.92. The zero-order valence-corrected chi connectivity index (χ0v) is 16.9. The smallest absolute Gasteiger partial charge is 0.317 e. The van der Waals surface area contributed by atoms with Gasteiger partial charge in [-0.05, 0) is 19.4 Å². The summed E-state index contributed by atoms with van der Waals surface area (Å²) in [5, 5.41) is 5.97. The van der Waals surface area contributed by atoms with Crippen LogP contribution in [0.15, 0.2) is 29.6 Å². The number of hydrogen-bond acceptors (Lipinski definition) is 4. The van der Waals surface area contributed by atoms with Gasteiger partial charge in [-0.1, -0.05) is 36.8 Å². The van der Waals surface area contributed by atoms with Crippen molar-refractivity contribution in [3.8, 4) is 0 Å². The number of amides is 3. The van der Waals surface area contributed by atoms with Gasteiger partial charge >= 0.3 is 6.03 Å². The normalized spacial score (nSPS) is 15.7. The monoisotopic (exact) mass is 386 g/mol. The fourth-order valence-electron chi connectivity index (χ4n) is 3.12. The van der Waals surface area contributed by atoms with E-state index >= 15 is 0 Å². The number of aromatic nitrogens is 1. The molecule has 1 aliphatic heterocycles. The molecule has 0 saturated carbocycles. The summed E-state index contributed by atoms with van der Waals surface area (Å²) < 4.78 is 0. The third-order valence-corrected chi connectivity index (χ3v) is 5.87. The summed E-state index contributed by atoms with van der Waals surface area (Å²) in [6.45, 7) is 8.40. The second kappa shape index (κ2) is 8.52. The molecule has 0 bridgehead atoms. The van der Waals surface area contributed by atoms with E-state index in [1.165, 1.54) is 5.56 Å². The zero-order chi connectivity index (χ0) is 19.4. The maximum Gasteiger partial charge on any atom is 0.317 e. The molecule has 27 heavy (non-hydrogen) atoms. The van der Waals surface area contributed by atoms with Crippen LogP contribution in [0.1, 0.15) is 34.7 Å². The van der Waals surface area contributed by atoms with Crippen molar-refractivity contribution in [3.63, 3.8) is 0 Å². The van der Waals surface area contributed by atoms with Crippen molar-refractivity contribution >= 4 is 23.3 Å². The van der Waals surface area contributed by atoms with Crippen molar-refractivity contribution in [1.29, 1.82) is 0 Å². The number of carbonyl (C=O) groups is 2. The van der Waals surface area contributed by atoms with Crippen molar-refractivity contribution in [2.75, 3.05) is 26.2 Å². The third-order valence-electron chi connectivity index (χ3n) is 4.68. The Bertz CT molecular complexity index is 820. The van der Waals surface area contributed by atoms with Crippen LogP contribution in [0.4, 0.5) is 4.79 Å². The highest BCUT2D eigenvalue weighted by Gasteiger charge is 2.27. The molecule has 6 nitrogen and oxygen atoms in total. The molecule has 144 valence electrons. The van der Waals surface area contributed by atoms with Gasteiger partial charge < -0.3 is 15.1 Å². The number of hydrogen-bond donors (Lipinski definition) is 1. The first-order valence-electron chi connectivity index (χ1n) is 9.20. The van der Waals surface area contributed by atoms with Crippen LogP contribution < -0.4 is 5.32 Å². The highest BCUT2D eigenvalue weighted by molar-refractivity contribution is 7.09. The number of benzene rings is 1. The second-order valence-corrected chi connectivity index (χ2v) is 8.03. The van der Waals surface area contributed by atoms with Crippen LogP contribution in [-0.2, 0) is 11.3 Å². The summed E-state index contributed by atoms with van der Waals surface area (Å²) in [5.41, 5.74) is 3.31. The van der Waals surface area contributed by atoms with Gasteiger partial charge in [0.1, 0.15) is 6.54 Å². The number of piperazine rings is 1. The minimum Gasteiger partial charge on any atom is -0.337 e. The van der Waals surface area contributed by atoms with Crippen molar-refractivity contribution in [1.82, 2.24) is 20.1 Å². The minimum atomic E-state index is -0.182. The minimum absolute atomic E-state index is 0.0125. The standard InChI is InChI=1S/C20H26N4O2S/c1-14-5-4-6-17(9-14)11-23-7-8-24(12-18(23)25)20(26)21-10-15(2)19-22-16(3)13-27-19/h4-6,9,13,15H,7-8,10-12H2,1-3H3,(H,21,26)/t15-/m0/s1. The highest BCUT2D eigenvalue weighted by atomic mass is 32.1. The Kier molecular flexibility index (Phi) is 6.11. The fourth-order valence-corrected chi connectivity index (χ4v) is 3.97. The van der Waals surface area contributed by atoms with Crippen molar-refractivity contribution in [3.05, 3.63) is 51.5 Å². The van der Waals surface area contributed by atoms with E-state index in [1.807, 2.05) is 49.3 Å². The van der Waals surface area contributed by atoms with Gasteiger partial charge in [-0.15, -0.1) is 11.3 Å². The van der Waals surface area contributed by atoms with Crippen LogP contribution in [0.3, 0.4) is 0 Å². The second-order valence-electron chi connectivity index (χ2n) is 7.14. The van der Waals surface area contributed by atoms with Gasteiger partial charge in [0.05, 0.1) is 5.01 Å². The Morgan fingerprint density at radius 2 is 2.15 bits per heavy atom. The van der Waals surface area contributed by atoms with E-state index in [0.717, 1.165) is 16.3 Å². The largest absolute Gasteiger partial charge is 0.337 e. The zero-order valence-electron chi connectivity index (χ0n) is 16.1. The van der Waals surface area contributed by atoms with E-state index in [1.54, 1.807) is 16.2 Å². The molecule has 0 radical (unpaired) electrons. The number of nitrogens with one attached hydrogen (secondary N) is 1. The van der Waals surface area contributed by atoms with Gasteiger partial charge in [0.25, 0.3) is 0 Å². The van der Waals surface area contributed by atoms with E-state index in [-0.39, 0.29) is 24.4 Å². The Hall–Kier alpha value is -2.41. The quantitative estimate of drug-likeness (QED) is 0.859. The first-order valence-corrected chi connectivity index (χ1v) is 10.1. The van der Waals surface area contributed by atoms with Gasteiger partial charge in [0.2, 0.25) is 5.91 Å². The van der Waals surface area contributed by atoms with Crippen LogP contribution in [-0.4, -0.2) is 52.9 Å². The summed E-state index contributed by atoms with van der Waals surface area (Å²) in [6, 6.07) is 7.99. The van der Waals surface area contributed by atoms with Gasteiger partial charge in [-0.2, -0.15) is 0 Å². The van der Waals surface area contributed by atoms with Crippen LogP contribution in [0.2, 0.25) is 0 Å². The van der Waals surface area contributed by atoms with Crippen molar-refractivity contribution in [2.45, 2.75) is 33.2 Å². The lowest BCUT2D eigenvalue weighted by Crippen LogP contribution is -2.54. The lowest BCUT2D eigenvalue weighted by atomic mass is 10.1. The van der Waals surface area contributed by atoms with Crippen molar-refractivity contribution in [2.24, 2.45) is 0 Å². The molecule has 1 aromatic heterocycles. The average molecular weight is 387 g/mol. The van der Waals surface area contributed by atoms with Gasteiger partial charge in [0, 0.05) is 43.2 Å². The lowest BCUT2D eigenvalue weighted by molar-refractivity contribution is -0.135. The number of carbonyl (C=O) groups excluding carboxylic acids is 2. The lowest BCUT2D eigenvalue weighted by Gasteiger charge is -2.34. The molecule has 2 heterocycles. The number of nitrogens with zero attached hydrogens (tertiary/aromatic N) is 3. The summed E-state index contributed by atoms with van der Waals surface area (Å²) in [4.78, 5) is 32.8. The first kappa shape index (κ1) is 19.4. The Labute approximate surface area is 164 Å². The van der Waals surface area contributed by atoms with E-state index in [4.69, 9.17) is 0 Å². The van der Waals surface area contributed by atoms with Gasteiger partial charge in [-0.3, -0.25) is 4.79 Å². The molecular weight excluding hydrogens is 360 g/mol. The van der Waals surface area contributed by atoms with Gasteiger partial charge in [-0.25, -0.2) is 9.78 Å². The summed E-state index contributed by atoms with van der Waals surface area (Å²) >= 11 is 1.61. The molecule has 0 unspecified atom stereocenters. The Balaban J connectivity index is 1.48. The molecule has 0 spiro atoms. The Morgan fingerprint density at radius 1 is 1.33 bits per heavy atom. The van der Waals surface area contributed by atoms with Crippen LogP contribution in [0.5, 0.6) is 0 Å². The third kappa shape index (κ3) is 5.07. The molecule has 1 atom stereocenters. The van der Waals surface area contributed by atoms with E-state index < -0.39 is 0 Å². The fraction of sp³-hybridized carbons (Fsp3) is 0.450. The maximum absolute atomic E-state index is 12.5. The number of urea groups is 1. The molecule has 0 aliphatic carbocycles. The molecule has 1 aromatic carbocycles. The molecular formula is C20H26N4O2S.